The van der Waals surface area contributed by atoms with E-state index in [-0.39, 0.29) is 0 Å². The van der Waals surface area contributed by atoms with Gasteiger partial charge >= 0.3 is 0 Å². The Labute approximate surface area is 153 Å². The Balaban J connectivity index is 1.85. The van der Waals surface area contributed by atoms with Crippen LogP contribution in [0, 0.1) is 11.3 Å². The lowest BCUT2D eigenvalue weighted by molar-refractivity contribution is 0.305. The number of benzene rings is 3. The van der Waals surface area contributed by atoms with Crippen molar-refractivity contribution in [2.45, 2.75) is 6.61 Å². The molecule has 0 radical (unpaired) electrons. The molecular weight excluding hydrogens is 322 g/mol. The summed E-state index contributed by atoms with van der Waals surface area (Å²) in [5, 5.41) is 9.58. The van der Waals surface area contributed by atoms with Gasteiger partial charge < -0.3 is 9.47 Å². The minimum atomic E-state index is 0.482. The zero-order valence-electron chi connectivity index (χ0n) is 14.6. The fraction of sp³-hybridized carbons (Fsp3) is 0.0870. The second-order valence-corrected chi connectivity index (χ2v) is 5.71. The first-order chi connectivity index (χ1) is 12.8. The highest BCUT2D eigenvalue weighted by Crippen LogP contribution is 2.26. The van der Waals surface area contributed by atoms with E-state index in [0.717, 1.165) is 28.2 Å². The summed E-state index contributed by atoms with van der Waals surface area (Å²) in [6, 6.07) is 27.4. The average Bonchev–Trinajstić information content (AvgIpc) is 2.72. The van der Waals surface area contributed by atoms with Crippen LogP contribution in [-0.2, 0) is 6.61 Å². The molecule has 0 aliphatic heterocycles. The van der Waals surface area contributed by atoms with Gasteiger partial charge in [0.1, 0.15) is 18.1 Å². The maximum absolute atomic E-state index is 9.58. The molecule has 3 aromatic carbocycles. The summed E-state index contributed by atoms with van der Waals surface area (Å²) in [6.45, 7) is 0.482. The van der Waals surface area contributed by atoms with Crippen molar-refractivity contribution in [1.82, 2.24) is 0 Å². The van der Waals surface area contributed by atoms with Crippen molar-refractivity contribution >= 4 is 11.6 Å². The molecule has 0 unspecified atom stereocenters. The number of nitrogens with zero attached hydrogens (tertiary/aromatic N) is 1. The number of ether oxygens (including phenoxy) is 2. The van der Waals surface area contributed by atoms with Crippen LogP contribution in [0.4, 0.5) is 0 Å². The van der Waals surface area contributed by atoms with Gasteiger partial charge in [0.05, 0.1) is 18.8 Å². The summed E-state index contributed by atoms with van der Waals surface area (Å²) in [5.41, 5.74) is 3.38. The summed E-state index contributed by atoms with van der Waals surface area (Å²) in [5.74, 6) is 1.51. The van der Waals surface area contributed by atoms with Crippen LogP contribution in [0.5, 0.6) is 11.5 Å². The standard InChI is InChI=1S/C23H19NO2/c1-25-22-13-11-19(12-14-22)21(16-24)15-20-9-5-6-10-23(20)26-17-18-7-3-2-4-8-18/h2-15H,17H2,1H3/b21-15+. The predicted octanol–water partition coefficient (Wildman–Crippen LogP) is 5.34. The van der Waals surface area contributed by atoms with E-state index < -0.39 is 0 Å². The van der Waals surface area contributed by atoms with E-state index in [2.05, 4.69) is 6.07 Å². The zero-order valence-corrected chi connectivity index (χ0v) is 14.6. The van der Waals surface area contributed by atoms with E-state index in [0.29, 0.717) is 12.2 Å². The van der Waals surface area contributed by atoms with Gasteiger partial charge in [-0.1, -0.05) is 48.5 Å². The maximum Gasteiger partial charge on any atom is 0.127 e. The third kappa shape index (κ3) is 4.31. The molecule has 0 amide bonds. The van der Waals surface area contributed by atoms with Gasteiger partial charge in [0, 0.05) is 5.56 Å². The summed E-state index contributed by atoms with van der Waals surface area (Å²) >= 11 is 0. The Morgan fingerprint density at radius 1 is 0.923 bits per heavy atom. The highest BCUT2D eigenvalue weighted by atomic mass is 16.5. The van der Waals surface area contributed by atoms with E-state index in [9.17, 15) is 5.26 Å². The van der Waals surface area contributed by atoms with E-state index in [1.807, 2.05) is 84.9 Å². The van der Waals surface area contributed by atoms with E-state index >= 15 is 0 Å². The molecule has 0 N–H and O–H groups in total. The van der Waals surface area contributed by atoms with Crippen molar-refractivity contribution in [3.8, 4) is 17.6 Å². The summed E-state index contributed by atoms with van der Waals surface area (Å²) in [4.78, 5) is 0. The molecule has 3 heteroatoms. The molecule has 0 bridgehead atoms. The van der Waals surface area contributed by atoms with Crippen LogP contribution in [0.25, 0.3) is 11.6 Å². The minimum Gasteiger partial charge on any atom is -0.497 e. The quantitative estimate of drug-likeness (QED) is 0.449. The van der Waals surface area contributed by atoms with Crippen LogP contribution in [0.1, 0.15) is 16.7 Å². The molecule has 0 saturated heterocycles. The SMILES string of the molecule is COc1ccc(/C(C#N)=C/c2ccccc2OCc2ccccc2)cc1. The van der Waals surface area contributed by atoms with Crippen molar-refractivity contribution in [2.75, 3.05) is 7.11 Å². The first kappa shape index (κ1) is 17.3. The molecule has 3 nitrogen and oxygen atoms in total. The molecule has 26 heavy (non-hydrogen) atoms. The third-order valence-corrected chi connectivity index (χ3v) is 3.98. The van der Waals surface area contributed by atoms with Gasteiger partial charge in [-0.05, 0) is 47.5 Å². The van der Waals surface area contributed by atoms with Gasteiger partial charge in [-0.15, -0.1) is 0 Å². The van der Waals surface area contributed by atoms with Crippen molar-refractivity contribution in [3.63, 3.8) is 0 Å². The Morgan fingerprint density at radius 3 is 2.31 bits per heavy atom. The molecule has 0 heterocycles. The minimum absolute atomic E-state index is 0.482. The molecule has 0 aromatic heterocycles. The lowest BCUT2D eigenvalue weighted by Crippen LogP contribution is -1.96. The number of hydrogen-bond donors (Lipinski definition) is 0. The number of rotatable bonds is 6. The second-order valence-electron chi connectivity index (χ2n) is 5.71. The maximum atomic E-state index is 9.58. The Kier molecular flexibility index (Phi) is 5.69. The molecule has 0 saturated carbocycles. The van der Waals surface area contributed by atoms with Gasteiger partial charge in [0.25, 0.3) is 0 Å². The molecule has 3 aromatic rings. The fourth-order valence-corrected chi connectivity index (χ4v) is 2.57. The number of methoxy groups -OCH3 is 1. The van der Waals surface area contributed by atoms with Crippen LogP contribution in [0.15, 0.2) is 78.9 Å². The van der Waals surface area contributed by atoms with Crippen LogP contribution in [0.2, 0.25) is 0 Å². The van der Waals surface area contributed by atoms with Crippen LogP contribution >= 0.6 is 0 Å². The molecular formula is C23H19NO2. The van der Waals surface area contributed by atoms with Gasteiger partial charge in [-0.3, -0.25) is 0 Å². The predicted molar refractivity (Wildman–Crippen MR) is 104 cm³/mol. The Morgan fingerprint density at radius 2 is 1.62 bits per heavy atom. The van der Waals surface area contributed by atoms with Gasteiger partial charge in [-0.25, -0.2) is 0 Å². The first-order valence-electron chi connectivity index (χ1n) is 8.32. The molecule has 0 fully saturated rings. The Hall–Kier alpha value is -3.51. The number of para-hydroxylation sites is 1. The molecule has 0 spiro atoms. The smallest absolute Gasteiger partial charge is 0.127 e. The van der Waals surface area contributed by atoms with Gasteiger partial charge in [0.15, 0.2) is 0 Å². The monoisotopic (exact) mass is 341 g/mol. The first-order valence-corrected chi connectivity index (χ1v) is 8.32. The highest BCUT2D eigenvalue weighted by molar-refractivity contribution is 5.90. The average molecular weight is 341 g/mol. The summed E-state index contributed by atoms with van der Waals surface area (Å²) < 4.78 is 11.1. The van der Waals surface area contributed by atoms with Crippen molar-refractivity contribution in [1.29, 1.82) is 5.26 Å². The van der Waals surface area contributed by atoms with Crippen LogP contribution in [-0.4, -0.2) is 7.11 Å². The number of hydrogen-bond acceptors (Lipinski definition) is 3. The number of allylic oxidation sites excluding steroid dienone is 1. The van der Waals surface area contributed by atoms with E-state index in [1.165, 1.54) is 0 Å². The second kappa shape index (κ2) is 8.55. The molecule has 128 valence electrons. The third-order valence-electron chi connectivity index (χ3n) is 3.98. The van der Waals surface area contributed by atoms with Gasteiger partial charge in [-0.2, -0.15) is 5.26 Å². The van der Waals surface area contributed by atoms with Crippen molar-refractivity contribution in [3.05, 3.63) is 95.6 Å². The molecule has 0 aliphatic carbocycles. The lowest BCUT2D eigenvalue weighted by atomic mass is 10.0. The number of nitriles is 1. The molecule has 0 aliphatic rings. The summed E-state index contributed by atoms with van der Waals surface area (Å²) in [7, 11) is 1.62. The van der Waals surface area contributed by atoms with Crippen molar-refractivity contribution in [2.24, 2.45) is 0 Å². The highest BCUT2D eigenvalue weighted by Gasteiger charge is 2.06. The van der Waals surface area contributed by atoms with Crippen LogP contribution < -0.4 is 9.47 Å². The van der Waals surface area contributed by atoms with E-state index in [4.69, 9.17) is 9.47 Å². The van der Waals surface area contributed by atoms with Gasteiger partial charge in [0.2, 0.25) is 0 Å². The summed E-state index contributed by atoms with van der Waals surface area (Å²) in [6.07, 6.45) is 1.85. The van der Waals surface area contributed by atoms with Crippen LogP contribution in [0.3, 0.4) is 0 Å². The molecule has 0 atom stereocenters. The normalized spacial score (nSPS) is 10.8. The van der Waals surface area contributed by atoms with E-state index in [1.54, 1.807) is 7.11 Å². The lowest BCUT2D eigenvalue weighted by Gasteiger charge is -2.10. The Bertz CT molecular complexity index is 922. The largest absolute Gasteiger partial charge is 0.497 e. The van der Waals surface area contributed by atoms with Crippen molar-refractivity contribution < 1.29 is 9.47 Å². The zero-order chi connectivity index (χ0) is 18.2. The topological polar surface area (TPSA) is 42.2 Å². The fourth-order valence-electron chi connectivity index (χ4n) is 2.57. The molecule has 3 rings (SSSR count).